The van der Waals surface area contributed by atoms with Gasteiger partial charge < -0.3 is 24.3 Å². The Morgan fingerprint density at radius 1 is 1.21 bits per heavy atom. The van der Waals surface area contributed by atoms with Gasteiger partial charge in [-0.2, -0.15) is 5.26 Å². The van der Waals surface area contributed by atoms with E-state index in [1.807, 2.05) is 74.1 Å². The SMILES string of the molecule is CC1C(c2ccccc2C#N)=CC=CC1(NC(=O)c1nc2c(n1C)CCN(C)C2)c1nc2cc(CN3CC[C@@H](C(=O)O)C3)cc(Cl)c2o1. The lowest BCUT2D eigenvalue weighted by Crippen LogP contribution is -2.51. The Labute approximate surface area is 283 Å². The Morgan fingerprint density at radius 3 is 2.79 bits per heavy atom. The summed E-state index contributed by atoms with van der Waals surface area (Å²) >= 11 is 6.80. The number of aliphatic carboxylic acids is 1. The highest BCUT2D eigenvalue weighted by Crippen LogP contribution is 2.44. The standard InChI is InChI=1S/C36H36ClN7O4/c1-21-25(26-8-5-4-7-23(26)17-38)9-6-12-36(21,41-33(45)32-39-29-20-42(2)13-11-30(29)43(32)3)35-40-28-16-22(15-27(37)31(28)48-35)18-44-14-10-24(19-44)34(46)47/h4-9,12,15-16,21,24H,10-11,13-14,18-20H2,1-3H3,(H,41,45)(H,46,47)/t21?,24-,36?/m1/s1. The van der Waals surface area contributed by atoms with Gasteiger partial charge in [-0.1, -0.05) is 48.9 Å². The number of nitriles is 1. The van der Waals surface area contributed by atoms with Gasteiger partial charge in [0, 0.05) is 51.3 Å². The molecule has 3 aliphatic rings. The number of likely N-dealkylation sites (tertiary alicyclic amines) is 1. The number of halogens is 1. The van der Waals surface area contributed by atoms with Crippen molar-refractivity contribution >= 4 is 40.2 Å². The number of hydrogen-bond acceptors (Lipinski definition) is 8. The first-order valence-electron chi connectivity index (χ1n) is 16.1. The Balaban J connectivity index is 1.29. The van der Waals surface area contributed by atoms with Crippen LogP contribution in [0.4, 0.5) is 0 Å². The smallest absolute Gasteiger partial charge is 0.307 e. The normalized spacial score (nSPS) is 22.8. The maximum atomic E-state index is 14.3. The second kappa shape index (κ2) is 12.4. The van der Waals surface area contributed by atoms with Crippen molar-refractivity contribution < 1.29 is 19.1 Å². The molecule has 2 aromatic carbocycles. The van der Waals surface area contributed by atoms with Crippen molar-refractivity contribution in [3.8, 4) is 6.07 Å². The summed E-state index contributed by atoms with van der Waals surface area (Å²) < 4.78 is 8.33. The lowest BCUT2D eigenvalue weighted by Gasteiger charge is -2.38. The van der Waals surface area contributed by atoms with Crippen molar-refractivity contribution in [3.63, 3.8) is 0 Å². The number of oxazole rings is 1. The summed E-state index contributed by atoms with van der Waals surface area (Å²) in [5.74, 6) is -1.42. The predicted molar refractivity (Wildman–Crippen MR) is 180 cm³/mol. The molecule has 0 bridgehead atoms. The van der Waals surface area contributed by atoms with E-state index < -0.39 is 17.4 Å². The Hall–Kier alpha value is -4.76. The first kappa shape index (κ1) is 31.8. The number of fused-ring (bicyclic) bond motifs is 2. The van der Waals surface area contributed by atoms with Gasteiger partial charge in [0.05, 0.1) is 28.3 Å². The molecule has 2 N–H and O–H groups in total. The number of rotatable bonds is 7. The van der Waals surface area contributed by atoms with Crippen LogP contribution < -0.4 is 5.32 Å². The lowest BCUT2D eigenvalue weighted by atomic mass is 9.73. The molecule has 0 spiro atoms. The number of nitrogens with zero attached hydrogens (tertiary/aromatic N) is 6. The van der Waals surface area contributed by atoms with Gasteiger partial charge in [0.2, 0.25) is 5.89 Å². The topological polar surface area (TPSA) is 141 Å². The molecular weight excluding hydrogens is 630 g/mol. The number of hydrogen-bond donors (Lipinski definition) is 2. The van der Waals surface area contributed by atoms with Crippen LogP contribution in [0.15, 0.2) is 59.0 Å². The number of carboxylic acid groups (broad SMARTS) is 1. The fraction of sp³-hybridized carbons (Fsp3) is 0.361. The highest BCUT2D eigenvalue weighted by Gasteiger charge is 2.46. The van der Waals surface area contributed by atoms with Gasteiger partial charge in [-0.05, 0) is 61.0 Å². The van der Waals surface area contributed by atoms with Crippen LogP contribution in [0.5, 0.6) is 0 Å². The Kier molecular flexibility index (Phi) is 8.19. The summed E-state index contributed by atoms with van der Waals surface area (Å²) in [5.41, 5.74) is 4.57. The molecule has 12 heteroatoms. The second-order valence-corrected chi connectivity index (χ2v) is 13.5. The molecule has 1 amide bonds. The highest BCUT2D eigenvalue weighted by atomic mass is 35.5. The summed E-state index contributed by atoms with van der Waals surface area (Å²) in [6, 6.07) is 13.4. The number of likely N-dealkylation sites (N-methyl/N-ethyl adjacent to an activating group) is 1. The molecule has 2 aromatic heterocycles. The molecule has 11 nitrogen and oxygen atoms in total. The number of allylic oxidation sites excluding steroid dienone is 2. The van der Waals surface area contributed by atoms with E-state index >= 15 is 0 Å². The first-order chi connectivity index (χ1) is 23.1. The monoisotopic (exact) mass is 665 g/mol. The predicted octanol–water partition coefficient (Wildman–Crippen LogP) is 4.90. The van der Waals surface area contributed by atoms with Gasteiger partial charge in [0.25, 0.3) is 5.91 Å². The van der Waals surface area contributed by atoms with Gasteiger partial charge in [-0.3, -0.25) is 14.5 Å². The molecule has 2 unspecified atom stereocenters. The van der Waals surface area contributed by atoms with E-state index in [1.54, 1.807) is 6.07 Å². The molecule has 1 aliphatic carbocycles. The van der Waals surface area contributed by atoms with Crippen LogP contribution in [-0.4, -0.2) is 68.0 Å². The second-order valence-electron chi connectivity index (χ2n) is 13.1. The van der Waals surface area contributed by atoms with Crippen LogP contribution in [0.2, 0.25) is 5.02 Å². The zero-order chi connectivity index (χ0) is 33.7. The van der Waals surface area contributed by atoms with Gasteiger partial charge in [-0.25, -0.2) is 9.97 Å². The minimum absolute atomic E-state index is 0.250. The number of benzene rings is 2. The number of amides is 1. The van der Waals surface area contributed by atoms with E-state index in [0.717, 1.165) is 41.1 Å². The van der Waals surface area contributed by atoms with Crippen LogP contribution in [0, 0.1) is 23.2 Å². The fourth-order valence-corrected chi connectivity index (χ4v) is 7.58. The van der Waals surface area contributed by atoms with Gasteiger partial charge in [-0.15, -0.1) is 0 Å². The Morgan fingerprint density at radius 2 is 2.02 bits per heavy atom. The number of aromatic nitrogens is 3. The van der Waals surface area contributed by atoms with E-state index in [1.165, 1.54) is 0 Å². The molecule has 7 rings (SSSR count). The molecule has 246 valence electrons. The third kappa shape index (κ3) is 5.49. The van der Waals surface area contributed by atoms with Crippen LogP contribution in [-0.2, 0) is 36.9 Å². The van der Waals surface area contributed by atoms with Crippen LogP contribution in [0.1, 0.15) is 57.9 Å². The maximum absolute atomic E-state index is 14.3. The molecule has 2 aliphatic heterocycles. The van der Waals surface area contributed by atoms with E-state index in [4.69, 9.17) is 26.0 Å². The number of carboxylic acids is 1. The zero-order valence-electron chi connectivity index (χ0n) is 27.0. The van der Waals surface area contributed by atoms with E-state index in [-0.39, 0.29) is 17.7 Å². The number of carbonyl (C=O) groups excluding carboxylic acids is 1. The number of carbonyl (C=O) groups is 2. The highest BCUT2D eigenvalue weighted by molar-refractivity contribution is 6.34. The number of nitrogens with one attached hydrogen (secondary N) is 1. The van der Waals surface area contributed by atoms with E-state index in [9.17, 15) is 20.0 Å². The Bertz CT molecular complexity index is 2060. The summed E-state index contributed by atoms with van der Waals surface area (Å²) in [4.78, 5) is 39.8. The average Bonchev–Trinajstić information content (AvgIpc) is 3.80. The van der Waals surface area contributed by atoms with Crippen molar-refractivity contribution in [1.29, 1.82) is 5.26 Å². The minimum Gasteiger partial charge on any atom is -0.481 e. The first-order valence-corrected chi connectivity index (χ1v) is 16.4. The number of imidazole rings is 1. The molecule has 1 saturated heterocycles. The molecular formula is C36H36ClN7O4. The van der Waals surface area contributed by atoms with Crippen molar-refractivity contribution in [2.24, 2.45) is 18.9 Å². The van der Waals surface area contributed by atoms with Crippen LogP contribution >= 0.6 is 11.6 Å². The third-order valence-electron chi connectivity index (χ3n) is 10.00. The van der Waals surface area contributed by atoms with Crippen molar-refractivity contribution in [2.75, 3.05) is 26.7 Å². The van der Waals surface area contributed by atoms with Crippen molar-refractivity contribution in [1.82, 2.24) is 29.7 Å². The molecule has 4 heterocycles. The summed E-state index contributed by atoms with van der Waals surface area (Å²) in [6.45, 7) is 5.20. The average molecular weight is 666 g/mol. The minimum atomic E-state index is -1.26. The zero-order valence-corrected chi connectivity index (χ0v) is 27.8. The van der Waals surface area contributed by atoms with E-state index in [2.05, 4.69) is 21.2 Å². The van der Waals surface area contributed by atoms with E-state index in [0.29, 0.717) is 60.1 Å². The maximum Gasteiger partial charge on any atom is 0.307 e. The summed E-state index contributed by atoms with van der Waals surface area (Å²) in [6.07, 6.45) is 7.08. The summed E-state index contributed by atoms with van der Waals surface area (Å²) in [5, 5.41) is 23.0. The van der Waals surface area contributed by atoms with Crippen molar-refractivity contribution in [2.45, 2.75) is 38.4 Å². The largest absolute Gasteiger partial charge is 0.481 e. The van der Waals surface area contributed by atoms with Crippen LogP contribution in [0.3, 0.4) is 0 Å². The molecule has 4 aromatic rings. The van der Waals surface area contributed by atoms with Gasteiger partial charge in [0.15, 0.2) is 11.4 Å². The van der Waals surface area contributed by atoms with Crippen molar-refractivity contribution in [3.05, 3.63) is 99.4 Å². The molecule has 3 atom stereocenters. The lowest BCUT2D eigenvalue weighted by molar-refractivity contribution is -0.141. The molecule has 0 saturated carbocycles. The quantitative estimate of drug-likeness (QED) is 0.282. The fourth-order valence-electron chi connectivity index (χ4n) is 7.31. The molecule has 48 heavy (non-hydrogen) atoms. The van der Waals surface area contributed by atoms with Crippen LogP contribution in [0.25, 0.3) is 16.7 Å². The van der Waals surface area contributed by atoms with Gasteiger partial charge >= 0.3 is 5.97 Å². The third-order valence-corrected chi connectivity index (χ3v) is 10.3. The summed E-state index contributed by atoms with van der Waals surface area (Å²) in [7, 11) is 3.91. The van der Waals surface area contributed by atoms with Gasteiger partial charge in [0.1, 0.15) is 11.1 Å². The molecule has 0 radical (unpaired) electrons. The molecule has 1 fully saturated rings.